The molecule has 0 aliphatic heterocycles. The number of nitrogens with zero attached hydrogens (tertiary/aromatic N) is 4. The number of carbonyl (C=O) groups excluding carboxylic acids is 1. The minimum atomic E-state index is -0.522. The maximum absolute atomic E-state index is 11.6. The molecule has 2 N–H and O–H groups in total. The van der Waals surface area contributed by atoms with Crippen molar-refractivity contribution in [2.24, 2.45) is 5.73 Å². The molecule has 0 aliphatic carbocycles. The van der Waals surface area contributed by atoms with E-state index in [1.165, 1.54) is 7.11 Å². The van der Waals surface area contributed by atoms with Gasteiger partial charge in [-0.2, -0.15) is 0 Å². The van der Waals surface area contributed by atoms with Crippen LogP contribution in [0.1, 0.15) is 27.6 Å². The Bertz CT molecular complexity index is 575. The van der Waals surface area contributed by atoms with E-state index in [4.69, 9.17) is 10.3 Å². The molecule has 2 aromatic rings. The zero-order valence-electron chi connectivity index (χ0n) is 10.8. The summed E-state index contributed by atoms with van der Waals surface area (Å²) in [5.41, 5.74) is 7.07. The van der Waals surface area contributed by atoms with E-state index in [2.05, 4.69) is 20.2 Å². The molecule has 8 nitrogen and oxygen atoms in total. The van der Waals surface area contributed by atoms with E-state index in [1.54, 1.807) is 17.7 Å². The molecule has 0 radical (unpaired) electrons. The van der Waals surface area contributed by atoms with Gasteiger partial charge in [0, 0.05) is 12.5 Å². The number of rotatable bonds is 5. The molecule has 102 valence electrons. The molecule has 19 heavy (non-hydrogen) atoms. The second-order valence-electron chi connectivity index (χ2n) is 4.00. The van der Waals surface area contributed by atoms with Crippen molar-refractivity contribution in [1.29, 1.82) is 0 Å². The van der Waals surface area contributed by atoms with Crippen LogP contribution in [0.3, 0.4) is 0 Å². The van der Waals surface area contributed by atoms with Crippen LogP contribution in [0.5, 0.6) is 0 Å². The van der Waals surface area contributed by atoms with Crippen LogP contribution >= 0.6 is 0 Å². The van der Waals surface area contributed by atoms with E-state index < -0.39 is 5.97 Å². The molecule has 2 rings (SSSR count). The molecule has 0 amide bonds. The maximum atomic E-state index is 11.6. The highest BCUT2D eigenvalue weighted by Gasteiger charge is 2.20. The lowest BCUT2D eigenvalue weighted by molar-refractivity contribution is 0.0592. The first-order valence-corrected chi connectivity index (χ1v) is 5.78. The van der Waals surface area contributed by atoms with Gasteiger partial charge in [0.1, 0.15) is 11.5 Å². The molecule has 0 bridgehead atoms. The van der Waals surface area contributed by atoms with Crippen molar-refractivity contribution in [3.63, 3.8) is 0 Å². The molecule has 0 aromatic carbocycles. The van der Waals surface area contributed by atoms with Gasteiger partial charge in [-0.3, -0.25) is 0 Å². The molecule has 0 atom stereocenters. The molecular formula is C11H15N5O3. The van der Waals surface area contributed by atoms with Crippen LogP contribution in [0.4, 0.5) is 0 Å². The number of hydrogen-bond acceptors (Lipinski definition) is 7. The highest BCUT2D eigenvalue weighted by Crippen LogP contribution is 2.11. The minimum Gasteiger partial charge on any atom is -0.464 e. The quantitative estimate of drug-likeness (QED) is 0.752. The second kappa shape index (κ2) is 5.61. The molecule has 2 aromatic heterocycles. The fourth-order valence-corrected chi connectivity index (χ4v) is 1.75. The molecule has 0 saturated carbocycles. The van der Waals surface area contributed by atoms with Crippen LogP contribution in [0.25, 0.3) is 0 Å². The summed E-state index contributed by atoms with van der Waals surface area (Å²) in [6, 6.07) is 1.80. The van der Waals surface area contributed by atoms with Crippen LogP contribution < -0.4 is 5.73 Å². The Kier molecular flexibility index (Phi) is 3.91. The molecular weight excluding hydrogens is 250 g/mol. The van der Waals surface area contributed by atoms with Crippen molar-refractivity contribution in [3.8, 4) is 0 Å². The summed E-state index contributed by atoms with van der Waals surface area (Å²) in [5, 5.41) is 11.6. The largest absolute Gasteiger partial charge is 0.464 e. The summed E-state index contributed by atoms with van der Waals surface area (Å²) in [7, 11) is 1.30. The van der Waals surface area contributed by atoms with Gasteiger partial charge in [0.2, 0.25) is 0 Å². The number of esters is 1. The predicted molar refractivity (Wildman–Crippen MR) is 64.5 cm³/mol. The summed E-state index contributed by atoms with van der Waals surface area (Å²) in [5.74, 6) is 0.190. The number of methoxy groups -OCH3 is 1. The summed E-state index contributed by atoms with van der Waals surface area (Å²) in [4.78, 5) is 11.6. The first-order valence-electron chi connectivity index (χ1n) is 5.78. The SMILES string of the molecule is COC(=O)c1nnn(Cc2cc(C)on2)c1CCN. The summed E-state index contributed by atoms with van der Waals surface area (Å²) in [6.07, 6.45) is 0.480. The second-order valence-corrected chi connectivity index (χ2v) is 4.00. The third-order valence-corrected chi connectivity index (χ3v) is 2.59. The Morgan fingerprint density at radius 1 is 1.58 bits per heavy atom. The molecule has 0 saturated heterocycles. The number of ether oxygens (including phenoxy) is 1. The Morgan fingerprint density at radius 3 is 2.95 bits per heavy atom. The lowest BCUT2D eigenvalue weighted by Gasteiger charge is -2.04. The van der Waals surface area contributed by atoms with E-state index in [9.17, 15) is 4.79 Å². The summed E-state index contributed by atoms with van der Waals surface area (Å²) >= 11 is 0. The third kappa shape index (κ3) is 2.79. The molecule has 8 heteroatoms. The topological polar surface area (TPSA) is 109 Å². The van der Waals surface area contributed by atoms with Gasteiger partial charge in [0.05, 0.1) is 19.3 Å². The van der Waals surface area contributed by atoms with Crippen molar-refractivity contribution < 1.29 is 14.1 Å². The van der Waals surface area contributed by atoms with E-state index in [-0.39, 0.29) is 5.69 Å². The molecule has 2 heterocycles. The van der Waals surface area contributed by atoms with Crippen molar-refractivity contribution in [2.45, 2.75) is 19.9 Å². The first kappa shape index (κ1) is 13.2. The fraction of sp³-hybridized carbons (Fsp3) is 0.455. The average Bonchev–Trinajstić information content (AvgIpc) is 2.97. The van der Waals surface area contributed by atoms with Gasteiger partial charge in [-0.25, -0.2) is 9.48 Å². The molecule has 0 fully saturated rings. The number of aromatic nitrogens is 4. The highest BCUT2D eigenvalue weighted by molar-refractivity contribution is 5.88. The van der Waals surface area contributed by atoms with Crippen LogP contribution in [0.15, 0.2) is 10.6 Å². The van der Waals surface area contributed by atoms with Crippen molar-refractivity contribution in [1.82, 2.24) is 20.2 Å². The Balaban J connectivity index is 2.29. The van der Waals surface area contributed by atoms with Crippen molar-refractivity contribution in [3.05, 3.63) is 28.9 Å². The molecule has 0 spiro atoms. The lowest BCUT2D eigenvalue weighted by Crippen LogP contribution is -2.14. The van der Waals surface area contributed by atoms with Gasteiger partial charge in [-0.1, -0.05) is 10.4 Å². The van der Waals surface area contributed by atoms with Gasteiger partial charge < -0.3 is 15.0 Å². The number of hydrogen-bond donors (Lipinski definition) is 1. The average molecular weight is 265 g/mol. The number of aryl methyl sites for hydroxylation is 1. The standard InChI is InChI=1S/C11H15N5O3/c1-7-5-8(14-19-7)6-16-9(3-4-12)10(13-15-16)11(17)18-2/h5H,3-4,6,12H2,1-2H3. The zero-order valence-corrected chi connectivity index (χ0v) is 10.8. The smallest absolute Gasteiger partial charge is 0.360 e. The summed E-state index contributed by atoms with van der Waals surface area (Å²) in [6.45, 7) is 2.56. The predicted octanol–water partition coefficient (Wildman–Crippen LogP) is -0.0894. The fourth-order valence-electron chi connectivity index (χ4n) is 1.75. The lowest BCUT2D eigenvalue weighted by atomic mass is 10.2. The van der Waals surface area contributed by atoms with Crippen molar-refractivity contribution in [2.75, 3.05) is 13.7 Å². The first-order chi connectivity index (χ1) is 9.15. The van der Waals surface area contributed by atoms with E-state index >= 15 is 0 Å². The number of nitrogens with two attached hydrogens (primary N) is 1. The molecule has 0 unspecified atom stereocenters. The van der Waals surface area contributed by atoms with E-state index in [0.29, 0.717) is 36.7 Å². The zero-order chi connectivity index (χ0) is 13.8. The summed E-state index contributed by atoms with van der Waals surface area (Å²) < 4.78 is 11.2. The minimum absolute atomic E-state index is 0.188. The van der Waals surface area contributed by atoms with Crippen LogP contribution in [-0.2, 0) is 17.7 Å². The Labute approximate surface area is 109 Å². The van der Waals surface area contributed by atoms with Gasteiger partial charge in [-0.05, 0) is 13.5 Å². The third-order valence-electron chi connectivity index (χ3n) is 2.59. The van der Waals surface area contributed by atoms with Crippen LogP contribution in [0.2, 0.25) is 0 Å². The number of carbonyl (C=O) groups is 1. The van der Waals surface area contributed by atoms with Gasteiger partial charge in [0.25, 0.3) is 0 Å². The van der Waals surface area contributed by atoms with E-state index in [1.807, 2.05) is 0 Å². The van der Waals surface area contributed by atoms with Gasteiger partial charge in [0.15, 0.2) is 5.69 Å². The normalized spacial score (nSPS) is 10.7. The monoisotopic (exact) mass is 265 g/mol. The van der Waals surface area contributed by atoms with Crippen LogP contribution in [0, 0.1) is 6.92 Å². The van der Waals surface area contributed by atoms with Crippen molar-refractivity contribution >= 4 is 5.97 Å². The van der Waals surface area contributed by atoms with Crippen LogP contribution in [-0.4, -0.2) is 39.8 Å². The highest BCUT2D eigenvalue weighted by atomic mass is 16.5. The maximum Gasteiger partial charge on any atom is 0.360 e. The molecule has 0 aliphatic rings. The van der Waals surface area contributed by atoms with Gasteiger partial charge in [-0.15, -0.1) is 5.10 Å². The Morgan fingerprint density at radius 2 is 2.37 bits per heavy atom. The van der Waals surface area contributed by atoms with Gasteiger partial charge >= 0.3 is 5.97 Å². The Hall–Kier alpha value is -2.22. The van der Waals surface area contributed by atoms with E-state index in [0.717, 1.165) is 0 Å².